The van der Waals surface area contributed by atoms with Gasteiger partial charge in [0.1, 0.15) is 5.75 Å². The number of ether oxygens (including phenoxy) is 1. The molecule has 22 heavy (non-hydrogen) atoms. The number of H-pyrrole nitrogens is 1. The molecule has 2 N–H and O–H groups in total. The zero-order valence-electron chi connectivity index (χ0n) is 11.6. The average Bonchev–Trinajstić information content (AvgIpc) is 2.78. The largest absolute Gasteiger partial charge is 0.497 e. The van der Waals surface area contributed by atoms with Crippen LogP contribution in [0.3, 0.4) is 0 Å². The number of aliphatic imine (C=N–C) groups is 1. The van der Waals surface area contributed by atoms with E-state index in [1.807, 2.05) is 18.2 Å². The van der Waals surface area contributed by atoms with Crippen LogP contribution in [0.1, 0.15) is 5.56 Å². The fraction of sp³-hybridized carbons (Fsp3) is 0.0625. The van der Waals surface area contributed by atoms with Crippen LogP contribution in [-0.2, 0) is 0 Å². The van der Waals surface area contributed by atoms with Gasteiger partial charge in [-0.3, -0.25) is 4.99 Å². The zero-order valence-corrected chi connectivity index (χ0v) is 13.1. The summed E-state index contributed by atoms with van der Waals surface area (Å²) in [6.07, 6.45) is 1.57. The van der Waals surface area contributed by atoms with E-state index in [9.17, 15) is 5.11 Å². The summed E-state index contributed by atoms with van der Waals surface area (Å²) in [5.74, 6) is 0.743. The third-order valence-corrected chi connectivity index (χ3v) is 3.65. The van der Waals surface area contributed by atoms with E-state index in [1.54, 1.807) is 31.5 Å². The minimum absolute atomic E-state index is 0.0418. The van der Waals surface area contributed by atoms with Crippen molar-refractivity contribution in [3.63, 3.8) is 0 Å². The summed E-state index contributed by atoms with van der Waals surface area (Å²) < 4.78 is 5.21. The van der Waals surface area contributed by atoms with Crippen LogP contribution < -0.4 is 4.74 Å². The van der Waals surface area contributed by atoms with Crippen molar-refractivity contribution in [2.75, 3.05) is 7.11 Å². The molecule has 0 bridgehead atoms. The number of halogens is 2. The molecule has 0 amide bonds. The summed E-state index contributed by atoms with van der Waals surface area (Å²) in [4.78, 5) is 7.22. The van der Waals surface area contributed by atoms with E-state index in [1.165, 1.54) is 0 Å². The number of hydrogen-bond acceptors (Lipinski definition) is 3. The standard InChI is InChI=1S/C16H12Cl2N2O2/c1-22-12-2-3-15-13(7-12)14(16(21)20-15)8-19-11-5-9(17)4-10(18)6-11/h2-8,20-21H,1H3. The quantitative estimate of drug-likeness (QED) is 0.666. The maximum Gasteiger partial charge on any atom is 0.198 e. The smallest absolute Gasteiger partial charge is 0.198 e. The van der Waals surface area contributed by atoms with Gasteiger partial charge in [0.2, 0.25) is 0 Å². The van der Waals surface area contributed by atoms with Gasteiger partial charge in [0.05, 0.1) is 18.4 Å². The Bertz CT molecular complexity index is 852. The molecule has 4 nitrogen and oxygen atoms in total. The van der Waals surface area contributed by atoms with Gasteiger partial charge in [-0.1, -0.05) is 23.2 Å². The first-order valence-corrected chi connectivity index (χ1v) is 7.21. The molecule has 0 saturated heterocycles. The van der Waals surface area contributed by atoms with Crippen LogP contribution in [-0.4, -0.2) is 23.4 Å². The minimum Gasteiger partial charge on any atom is -0.497 e. The van der Waals surface area contributed by atoms with Crippen LogP contribution in [0.2, 0.25) is 10.0 Å². The molecule has 3 aromatic rings. The Labute approximate surface area is 137 Å². The lowest BCUT2D eigenvalue weighted by Crippen LogP contribution is -1.83. The predicted octanol–water partition coefficient (Wildman–Crippen LogP) is 4.94. The Morgan fingerprint density at radius 3 is 2.55 bits per heavy atom. The van der Waals surface area contributed by atoms with Crippen LogP contribution >= 0.6 is 23.2 Å². The fourth-order valence-corrected chi connectivity index (χ4v) is 2.70. The number of hydrogen-bond donors (Lipinski definition) is 2. The molecule has 0 aliphatic carbocycles. The van der Waals surface area contributed by atoms with Crippen molar-refractivity contribution < 1.29 is 9.84 Å². The summed E-state index contributed by atoms with van der Waals surface area (Å²) in [5, 5.41) is 11.9. The van der Waals surface area contributed by atoms with Gasteiger partial charge in [0.15, 0.2) is 5.88 Å². The summed E-state index contributed by atoms with van der Waals surface area (Å²) in [5.41, 5.74) is 1.98. The second-order valence-electron chi connectivity index (χ2n) is 4.68. The van der Waals surface area contributed by atoms with E-state index in [2.05, 4.69) is 9.98 Å². The molecule has 112 valence electrons. The van der Waals surface area contributed by atoms with Crippen molar-refractivity contribution in [2.24, 2.45) is 4.99 Å². The molecule has 0 fully saturated rings. The molecule has 3 rings (SSSR count). The number of aromatic hydroxyl groups is 1. The zero-order chi connectivity index (χ0) is 15.7. The van der Waals surface area contributed by atoms with Crippen molar-refractivity contribution >= 4 is 46.0 Å². The van der Waals surface area contributed by atoms with Crippen LogP contribution in [0.4, 0.5) is 5.69 Å². The molecule has 1 heterocycles. The summed E-state index contributed by atoms with van der Waals surface area (Å²) in [6, 6.07) is 10.5. The molecule has 0 unspecified atom stereocenters. The maximum absolute atomic E-state index is 10.0. The lowest BCUT2D eigenvalue weighted by atomic mass is 10.1. The lowest BCUT2D eigenvalue weighted by Gasteiger charge is -2.00. The van der Waals surface area contributed by atoms with Crippen molar-refractivity contribution in [3.8, 4) is 11.6 Å². The van der Waals surface area contributed by atoms with Gasteiger partial charge in [-0.2, -0.15) is 0 Å². The Hall–Kier alpha value is -2.17. The molecule has 2 aromatic carbocycles. The summed E-state index contributed by atoms with van der Waals surface area (Å²) in [7, 11) is 1.59. The first-order valence-electron chi connectivity index (χ1n) is 6.45. The molecule has 0 spiro atoms. The molecule has 0 aliphatic rings. The molecule has 1 aromatic heterocycles. The van der Waals surface area contributed by atoms with Crippen molar-refractivity contribution in [1.82, 2.24) is 4.98 Å². The Morgan fingerprint density at radius 1 is 1.14 bits per heavy atom. The molecule has 0 aliphatic heterocycles. The first-order chi connectivity index (χ1) is 10.6. The molecule has 0 atom stereocenters. The number of nitrogens with one attached hydrogen (secondary N) is 1. The van der Waals surface area contributed by atoms with Gasteiger partial charge in [0.25, 0.3) is 0 Å². The van der Waals surface area contributed by atoms with Gasteiger partial charge >= 0.3 is 0 Å². The number of aromatic amines is 1. The Morgan fingerprint density at radius 2 is 1.86 bits per heavy atom. The van der Waals surface area contributed by atoms with Crippen LogP contribution in [0.5, 0.6) is 11.6 Å². The van der Waals surface area contributed by atoms with Crippen molar-refractivity contribution in [3.05, 3.63) is 52.0 Å². The highest BCUT2D eigenvalue weighted by molar-refractivity contribution is 6.35. The van der Waals surface area contributed by atoms with E-state index >= 15 is 0 Å². The molecule has 6 heteroatoms. The van der Waals surface area contributed by atoms with Gasteiger partial charge in [0, 0.05) is 27.2 Å². The van der Waals surface area contributed by atoms with Gasteiger partial charge in [-0.05, 0) is 36.4 Å². The molecular weight excluding hydrogens is 323 g/mol. The molecule has 0 radical (unpaired) electrons. The number of nitrogens with zero attached hydrogens (tertiary/aromatic N) is 1. The fourth-order valence-electron chi connectivity index (χ4n) is 2.19. The predicted molar refractivity (Wildman–Crippen MR) is 90.2 cm³/mol. The number of fused-ring (bicyclic) bond motifs is 1. The number of rotatable bonds is 3. The van der Waals surface area contributed by atoms with Crippen molar-refractivity contribution in [1.29, 1.82) is 0 Å². The summed E-state index contributed by atoms with van der Waals surface area (Å²) >= 11 is 11.9. The minimum atomic E-state index is 0.0418. The maximum atomic E-state index is 10.0. The van der Waals surface area contributed by atoms with E-state index in [4.69, 9.17) is 27.9 Å². The molecule has 0 saturated carbocycles. The van der Waals surface area contributed by atoms with E-state index < -0.39 is 0 Å². The first kappa shape index (κ1) is 14.8. The second kappa shape index (κ2) is 5.91. The summed E-state index contributed by atoms with van der Waals surface area (Å²) in [6.45, 7) is 0. The van der Waals surface area contributed by atoms with E-state index in [-0.39, 0.29) is 5.88 Å². The topological polar surface area (TPSA) is 57.6 Å². The monoisotopic (exact) mass is 334 g/mol. The lowest BCUT2D eigenvalue weighted by molar-refractivity contribution is 0.415. The van der Waals surface area contributed by atoms with Gasteiger partial charge in [-0.15, -0.1) is 0 Å². The van der Waals surface area contributed by atoms with Gasteiger partial charge < -0.3 is 14.8 Å². The Kier molecular flexibility index (Phi) is 3.96. The van der Waals surface area contributed by atoms with Crippen LogP contribution in [0.15, 0.2) is 41.4 Å². The van der Waals surface area contributed by atoms with Crippen LogP contribution in [0, 0.1) is 0 Å². The average molecular weight is 335 g/mol. The van der Waals surface area contributed by atoms with Gasteiger partial charge in [-0.25, -0.2) is 0 Å². The highest BCUT2D eigenvalue weighted by Crippen LogP contribution is 2.30. The van der Waals surface area contributed by atoms with E-state index in [0.717, 1.165) is 10.9 Å². The van der Waals surface area contributed by atoms with E-state index in [0.29, 0.717) is 27.0 Å². The highest BCUT2D eigenvalue weighted by Gasteiger charge is 2.10. The number of methoxy groups -OCH3 is 1. The highest BCUT2D eigenvalue weighted by atomic mass is 35.5. The number of benzene rings is 2. The molecular formula is C16H12Cl2N2O2. The van der Waals surface area contributed by atoms with Crippen molar-refractivity contribution in [2.45, 2.75) is 0 Å². The van der Waals surface area contributed by atoms with Crippen LogP contribution in [0.25, 0.3) is 10.9 Å². The third kappa shape index (κ3) is 2.89. The SMILES string of the molecule is COc1ccc2[nH]c(O)c(C=Nc3cc(Cl)cc(Cl)c3)c2c1. The third-order valence-electron chi connectivity index (χ3n) is 3.22. The normalized spacial score (nSPS) is 11.4. The number of aromatic nitrogens is 1. The second-order valence-corrected chi connectivity index (χ2v) is 5.56. The Balaban J connectivity index is 2.05.